The first-order chi connectivity index (χ1) is 5.04. The lowest BCUT2D eigenvalue weighted by Gasteiger charge is -2.25. The highest BCUT2D eigenvalue weighted by Gasteiger charge is 2.35. The summed E-state index contributed by atoms with van der Waals surface area (Å²) >= 11 is 0. The molecule has 0 saturated carbocycles. The van der Waals surface area contributed by atoms with Crippen molar-refractivity contribution >= 4 is 5.97 Å². The predicted molar refractivity (Wildman–Crippen MR) is 37.6 cm³/mol. The van der Waals surface area contributed by atoms with Gasteiger partial charge < -0.3 is 10.8 Å². The molecule has 1 atom stereocenters. The topological polar surface area (TPSA) is 63.3 Å². The standard InChI is InChI=1S/C7H10FNO2/c8-5-1-3-7(9,4-2-5)6(10)11/h1H,2-4,9H2,(H,10,11). The normalized spacial score (nSPS) is 31.3. The second-order valence-corrected chi connectivity index (χ2v) is 2.82. The zero-order chi connectivity index (χ0) is 8.48. The average Bonchev–Trinajstić information content (AvgIpc) is 1.95. The molecule has 0 heterocycles. The number of aliphatic carboxylic acids is 1. The van der Waals surface area contributed by atoms with Crippen molar-refractivity contribution in [2.45, 2.75) is 24.8 Å². The highest BCUT2D eigenvalue weighted by atomic mass is 19.1. The largest absolute Gasteiger partial charge is 0.480 e. The van der Waals surface area contributed by atoms with Gasteiger partial charge in [-0.25, -0.2) is 4.39 Å². The molecule has 0 fully saturated rings. The predicted octanol–water partition coefficient (Wildman–Crippen LogP) is 0.806. The molecule has 0 amide bonds. The number of allylic oxidation sites excluding steroid dienone is 1. The molecule has 1 aliphatic rings. The van der Waals surface area contributed by atoms with Crippen LogP contribution in [0.5, 0.6) is 0 Å². The van der Waals surface area contributed by atoms with Crippen LogP contribution in [-0.2, 0) is 4.79 Å². The summed E-state index contributed by atoms with van der Waals surface area (Å²) < 4.78 is 12.4. The Labute approximate surface area is 63.7 Å². The van der Waals surface area contributed by atoms with Gasteiger partial charge in [0.1, 0.15) is 5.54 Å². The average molecular weight is 159 g/mol. The summed E-state index contributed by atoms with van der Waals surface area (Å²) in [5.74, 6) is -1.31. The Morgan fingerprint density at radius 1 is 1.82 bits per heavy atom. The Morgan fingerprint density at radius 2 is 2.45 bits per heavy atom. The van der Waals surface area contributed by atoms with Gasteiger partial charge in [0.15, 0.2) is 0 Å². The van der Waals surface area contributed by atoms with E-state index >= 15 is 0 Å². The number of carboxylic acid groups (broad SMARTS) is 1. The van der Waals surface area contributed by atoms with Gasteiger partial charge in [0, 0.05) is 6.42 Å². The van der Waals surface area contributed by atoms with Gasteiger partial charge in [0.25, 0.3) is 0 Å². The molecule has 1 unspecified atom stereocenters. The van der Waals surface area contributed by atoms with Crippen molar-refractivity contribution in [1.29, 1.82) is 0 Å². The Morgan fingerprint density at radius 3 is 2.82 bits per heavy atom. The summed E-state index contributed by atoms with van der Waals surface area (Å²) in [7, 11) is 0. The molecule has 11 heavy (non-hydrogen) atoms. The Bertz CT molecular complexity index is 214. The van der Waals surface area contributed by atoms with E-state index in [1.54, 1.807) is 0 Å². The van der Waals surface area contributed by atoms with E-state index < -0.39 is 11.5 Å². The molecule has 3 nitrogen and oxygen atoms in total. The summed E-state index contributed by atoms with van der Waals surface area (Å²) in [6, 6.07) is 0. The number of hydrogen-bond donors (Lipinski definition) is 2. The van der Waals surface area contributed by atoms with Crippen LogP contribution in [0.25, 0.3) is 0 Å². The molecular formula is C7H10FNO2. The van der Waals surface area contributed by atoms with Crippen LogP contribution >= 0.6 is 0 Å². The number of carbonyl (C=O) groups is 1. The highest BCUT2D eigenvalue weighted by Crippen LogP contribution is 2.25. The zero-order valence-corrected chi connectivity index (χ0v) is 6.01. The van der Waals surface area contributed by atoms with Gasteiger partial charge in [-0.3, -0.25) is 4.79 Å². The van der Waals surface area contributed by atoms with Gasteiger partial charge >= 0.3 is 5.97 Å². The van der Waals surface area contributed by atoms with E-state index in [-0.39, 0.29) is 25.1 Å². The van der Waals surface area contributed by atoms with Gasteiger partial charge in [0.2, 0.25) is 0 Å². The van der Waals surface area contributed by atoms with Gasteiger partial charge in [0.05, 0.1) is 5.83 Å². The van der Waals surface area contributed by atoms with E-state index in [1.807, 2.05) is 0 Å². The fourth-order valence-corrected chi connectivity index (χ4v) is 1.03. The van der Waals surface area contributed by atoms with Crippen LogP contribution in [0.3, 0.4) is 0 Å². The molecule has 1 rings (SSSR count). The molecule has 0 aliphatic heterocycles. The van der Waals surface area contributed by atoms with Crippen molar-refractivity contribution in [3.05, 3.63) is 11.9 Å². The maximum absolute atomic E-state index is 12.4. The number of halogens is 1. The molecule has 0 spiro atoms. The summed E-state index contributed by atoms with van der Waals surface area (Å²) in [6.07, 6.45) is 1.67. The van der Waals surface area contributed by atoms with E-state index in [2.05, 4.69) is 0 Å². The van der Waals surface area contributed by atoms with Gasteiger partial charge in [-0.2, -0.15) is 0 Å². The first-order valence-corrected chi connectivity index (χ1v) is 3.41. The van der Waals surface area contributed by atoms with E-state index in [4.69, 9.17) is 10.8 Å². The number of carboxylic acids is 1. The van der Waals surface area contributed by atoms with Crippen molar-refractivity contribution in [1.82, 2.24) is 0 Å². The fourth-order valence-electron chi connectivity index (χ4n) is 1.03. The quantitative estimate of drug-likeness (QED) is 0.595. The Kier molecular flexibility index (Phi) is 1.95. The third-order valence-corrected chi connectivity index (χ3v) is 1.92. The van der Waals surface area contributed by atoms with Crippen LogP contribution in [0.4, 0.5) is 4.39 Å². The number of hydrogen-bond acceptors (Lipinski definition) is 2. The molecule has 0 aromatic carbocycles. The van der Waals surface area contributed by atoms with Crippen molar-refractivity contribution in [2.75, 3.05) is 0 Å². The lowest BCUT2D eigenvalue weighted by molar-refractivity contribution is -0.143. The summed E-state index contributed by atoms with van der Waals surface area (Å²) in [5, 5.41) is 8.61. The number of nitrogens with two attached hydrogens (primary N) is 1. The third-order valence-electron chi connectivity index (χ3n) is 1.92. The maximum atomic E-state index is 12.4. The van der Waals surface area contributed by atoms with Crippen LogP contribution in [0.15, 0.2) is 11.9 Å². The van der Waals surface area contributed by atoms with E-state index in [0.717, 1.165) is 0 Å². The smallest absolute Gasteiger partial charge is 0.324 e. The lowest BCUT2D eigenvalue weighted by Crippen LogP contribution is -2.48. The van der Waals surface area contributed by atoms with E-state index in [0.29, 0.717) is 0 Å². The van der Waals surface area contributed by atoms with Crippen molar-refractivity contribution in [3.8, 4) is 0 Å². The van der Waals surface area contributed by atoms with Gasteiger partial charge in [-0.05, 0) is 12.8 Å². The SMILES string of the molecule is NC1(C(=O)O)CC=C(F)CC1. The van der Waals surface area contributed by atoms with E-state index in [9.17, 15) is 9.18 Å². The monoisotopic (exact) mass is 159 g/mol. The van der Waals surface area contributed by atoms with Crippen LogP contribution in [-0.4, -0.2) is 16.6 Å². The minimum absolute atomic E-state index is 0.0914. The molecule has 0 bridgehead atoms. The molecule has 0 radical (unpaired) electrons. The van der Waals surface area contributed by atoms with Gasteiger partial charge in [-0.1, -0.05) is 6.08 Å². The van der Waals surface area contributed by atoms with Crippen LogP contribution in [0, 0.1) is 0 Å². The summed E-state index contributed by atoms with van der Waals surface area (Å²) in [4.78, 5) is 10.5. The minimum Gasteiger partial charge on any atom is -0.480 e. The third kappa shape index (κ3) is 1.57. The zero-order valence-electron chi connectivity index (χ0n) is 6.01. The Hall–Kier alpha value is -0.900. The first-order valence-electron chi connectivity index (χ1n) is 3.41. The molecule has 1 aliphatic carbocycles. The van der Waals surface area contributed by atoms with Crippen LogP contribution < -0.4 is 5.73 Å². The molecule has 62 valence electrons. The van der Waals surface area contributed by atoms with Crippen molar-refractivity contribution in [3.63, 3.8) is 0 Å². The molecule has 0 aromatic heterocycles. The molecule has 3 N–H and O–H groups in total. The van der Waals surface area contributed by atoms with Crippen LogP contribution in [0.2, 0.25) is 0 Å². The van der Waals surface area contributed by atoms with E-state index in [1.165, 1.54) is 6.08 Å². The second kappa shape index (κ2) is 2.62. The molecule has 4 heteroatoms. The maximum Gasteiger partial charge on any atom is 0.324 e. The van der Waals surface area contributed by atoms with Gasteiger partial charge in [-0.15, -0.1) is 0 Å². The molecular weight excluding hydrogens is 149 g/mol. The van der Waals surface area contributed by atoms with Crippen molar-refractivity contribution in [2.24, 2.45) is 5.73 Å². The minimum atomic E-state index is -1.24. The fraction of sp³-hybridized carbons (Fsp3) is 0.571. The lowest BCUT2D eigenvalue weighted by atomic mass is 9.86. The molecule has 0 saturated heterocycles. The number of rotatable bonds is 1. The second-order valence-electron chi connectivity index (χ2n) is 2.82. The van der Waals surface area contributed by atoms with Crippen molar-refractivity contribution < 1.29 is 14.3 Å². The summed E-state index contributed by atoms with van der Waals surface area (Å²) in [5.41, 5.74) is 4.21. The van der Waals surface area contributed by atoms with Crippen LogP contribution in [0.1, 0.15) is 19.3 Å². The molecule has 0 aromatic rings. The summed E-state index contributed by atoms with van der Waals surface area (Å²) in [6.45, 7) is 0. The highest BCUT2D eigenvalue weighted by molar-refractivity contribution is 5.79. The first kappa shape index (κ1) is 8.20. The Balaban J connectivity index is 2.71.